The number of halogens is 1. The largest absolute Gasteiger partial charge is 0.363 e. The zero-order valence-electron chi connectivity index (χ0n) is 18.3. The first-order chi connectivity index (χ1) is 14.3. The van der Waals surface area contributed by atoms with Gasteiger partial charge in [-0.25, -0.2) is 4.39 Å². The Morgan fingerprint density at radius 1 is 1.13 bits per heavy atom. The first-order valence-electron chi connectivity index (χ1n) is 10.2. The van der Waals surface area contributed by atoms with E-state index in [2.05, 4.69) is 0 Å². The molecule has 3 aromatic rings. The number of hydrogen-bond acceptors (Lipinski definition) is 3. The van der Waals surface area contributed by atoms with Crippen LogP contribution >= 0.6 is 0 Å². The molecule has 0 N–H and O–H groups in total. The smallest absolute Gasteiger partial charge is 0.254 e. The predicted octanol–water partition coefficient (Wildman–Crippen LogP) is 4.73. The lowest BCUT2D eigenvalue weighted by Crippen LogP contribution is -2.38. The van der Waals surface area contributed by atoms with Crippen LogP contribution in [-0.2, 0) is 13.6 Å². The second-order valence-electron chi connectivity index (χ2n) is 7.74. The molecule has 5 nitrogen and oxygen atoms in total. The first kappa shape index (κ1) is 21.6. The number of aromatic nitrogens is 2. The summed E-state index contributed by atoms with van der Waals surface area (Å²) in [5, 5.41) is 4.76. The van der Waals surface area contributed by atoms with Crippen LogP contribution in [0.25, 0.3) is 11.3 Å². The molecule has 158 valence electrons. The summed E-state index contributed by atoms with van der Waals surface area (Å²) in [6, 6.07) is 15.8. The van der Waals surface area contributed by atoms with Gasteiger partial charge in [-0.3, -0.25) is 9.48 Å². The SMILES string of the molecule is CC[C@@H](C)N(Cc1c(-c2ccccc2)nn(C)c1N(C)C)C(=O)c1cccc(F)c1. The highest BCUT2D eigenvalue weighted by Crippen LogP contribution is 2.32. The van der Waals surface area contributed by atoms with Gasteiger partial charge >= 0.3 is 0 Å². The molecule has 0 aliphatic heterocycles. The Kier molecular flexibility index (Phi) is 6.55. The number of nitrogens with zero attached hydrogens (tertiary/aromatic N) is 4. The standard InChI is InChI=1S/C24H29FN4O/c1-6-17(2)29(24(30)19-13-10-14-20(25)15-19)16-21-22(18-11-8-7-9-12-18)26-28(5)23(21)27(3)4/h7-15,17H,6,16H2,1-5H3/t17-/m1/s1. The highest BCUT2D eigenvalue weighted by molar-refractivity contribution is 5.94. The quantitative estimate of drug-likeness (QED) is 0.567. The normalized spacial score (nSPS) is 11.9. The van der Waals surface area contributed by atoms with Crippen molar-refractivity contribution in [3.8, 4) is 11.3 Å². The average Bonchev–Trinajstić information content (AvgIpc) is 3.07. The van der Waals surface area contributed by atoms with Crippen molar-refractivity contribution in [2.24, 2.45) is 7.05 Å². The van der Waals surface area contributed by atoms with Gasteiger partial charge < -0.3 is 9.80 Å². The van der Waals surface area contributed by atoms with E-state index in [1.165, 1.54) is 12.1 Å². The molecule has 1 atom stereocenters. The number of aryl methyl sites for hydroxylation is 1. The Morgan fingerprint density at radius 2 is 1.83 bits per heavy atom. The highest BCUT2D eigenvalue weighted by atomic mass is 19.1. The van der Waals surface area contributed by atoms with Crippen LogP contribution < -0.4 is 4.90 Å². The third kappa shape index (κ3) is 4.37. The van der Waals surface area contributed by atoms with Crippen LogP contribution in [0, 0.1) is 5.82 Å². The summed E-state index contributed by atoms with van der Waals surface area (Å²) in [7, 11) is 5.85. The van der Waals surface area contributed by atoms with E-state index in [0.717, 1.165) is 29.1 Å². The summed E-state index contributed by atoms with van der Waals surface area (Å²) >= 11 is 0. The van der Waals surface area contributed by atoms with Gasteiger partial charge in [-0.1, -0.05) is 43.3 Å². The second-order valence-corrected chi connectivity index (χ2v) is 7.74. The lowest BCUT2D eigenvalue weighted by atomic mass is 10.0. The number of carbonyl (C=O) groups is 1. The van der Waals surface area contributed by atoms with Crippen LogP contribution in [0.4, 0.5) is 10.2 Å². The molecular weight excluding hydrogens is 379 g/mol. The molecule has 1 heterocycles. The number of rotatable bonds is 7. The van der Waals surface area contributed by atoms with Crippen LogP contribution in [0.5, 0.6) is 0 Å². The van der Waals surface area contributed by atoms with Crippen LogP contribution in [0.3, 0.4) is 0 Å². The summed E-state index contributed by atoms with van der Waals surface area (Å²) in [4.78, 5) is 17.2. The van der Waals surface area contributed by atoms with Crippen molar-refractivity contribution < 1.29 is 9.18 Å². The molecule has 0 saturated heterocycles. The molecular formula is C24H29FN4O. The van der Waals surface area contributed by atoms with Gasteiger partial charge in [0.25, 0.3) is 5.91 Å². The zero-order chi connectivity index (χ0) is 21.8. The van der Waals surface area contributed by atoms with Crippen molar-refractivity contribution in [3.05, 3.63) is 71.5 Å². The molecule has 30 heavy (non-hydrogen) atoms. The van der Waals surface area contributed by atoms with Gasteiger partial charge in [0.15, 0.2) is 0 Å². The Morgan fingerprint density at radius 3 is 2.43 bits per heavy atom. The van der Waals surface area contributed by atoms with Crippen molar-refractivity contribution >= 4 is 11.7 Å². The topological polar surface area (TPSA) is 41.4 Å². The van der Waals surface area contributed by atoms with Gasteiger partial charge in [-0.15, -0.1) is 0 Å². The predicted molar refractivity (Wildman–Crippen MR) is 119 cm³/mol. The molecule has 0 spiro atoms. The van der Waals surface area contributed by atoms with Gasteiger partial charge in [-0.2, -0.15) is 5.10 Å². The minimum Gasteiger partial charge on any atom is -0.363 e. The minimum atomic E-state index is -0.412. The van der Waals surface area contributed by atoms with Gasteiger partial charge in [-0.05, 0) is 31.5 Å². The van der Waals surface area contributed by atoms with Crippen LogP contribution in [-0.4, -0.2) is 40.7 Å². The molecule has 0 radical (unpaired) electrons. The van der Waals surface area contributed by atoms with E-state index in [1.54, 1.807) is 12.1 Å². The molecule has 0 fully saturated rings. The highest BCUT2D eigenvalue weighted by Gasteiger charge is 2.27. The van der Waals surface area contributed by atoms with Gasteiger partial charge in [0.2, 0.25) is 0 Å². The van der Waals surface area contributed by atoms with Crippen molar-refractivity contribution in [3.63, 3.8) is 0 Å². The van der Waals surface area contributed by atoms with E-state index in [1.807, 2.05) is 79.8 Å². The lowest BCUT2D eigenvalue weighted by Gasteiger charge is -2.30. The van der Waals surface area contributed by atoms with Crippen LogP contribution in [0.15, 0.2) is 54.6 Å². The molecule has 3 rings (SSSR count). The summed E-state index contributed by atoms with van der Waals surface area (Å²) in [6.07, 6.45) is 0.791. The van der Waals surface area contributed by atoms with Gasteiger partial charge in [0.05, 0.1) is 12.2 Å². The maximum absolute atomic E-state index is 13.8. The molecule has 1 aromatic heterocycles. The van der Waals surface area contributed by atoms with E-state index >= 15 is 0 Å². The molecule has 0 bridgehead atoms. The summed E-state index contributed by atoms with van der Waals surface area (Å²) in [5.41, 5.74) is 3.17. The minimum absolute atomic E-state index is 0.0143. The van der Waals surface area contributed by atoms with Gasteiger partial charge in [0, 0.05) is 43.9 Å². The monoisotopic (exact) mass is 408 g/mol. The average molecular weight is 409 g/mol. The molecule has 0 aliphatic carbocycles. The van der Waals surface area contributed by atoms with Crippen LogP contribution in [0.2, 0.25) is 0 Å². The Bertz CT molecular complexity index is 1010. The van der Waals surface area contributed by atoms with E-state index in [0.29, 0.717) is 12.1 Å². The maximum Gasteiger partial charge on any atom is 0.254 e. The van der Waals surface area contributed by atoms with E-state index in [-0.39, 0.29) is 11.9 Å². The molecule has 1 amide bonds. The summed E-state index contributed by atoms with van der Waals surface area (Å²) in [5.74, 6) is 0.343. The fourth-order valence-electron chi connectivity index (χ4n) is 3.70. The number of hydrogen-bond donors (Lipinski definition) is 0. The molecule has 0 saturated carbocycles. The number of amides is 1. The zero-order valence-corrected chi connectivity index (χ0v) is 18.3. The summed E-state index contributed by atoms with van der Waals surface area (Å²) < 4.78 is 15.6. The molecule has 6 heteroatoms. The van der Waals surface area contributed by atoms with E-state index in [4.69, 9.17) is 5.10 Å². The third-order valence-corrected chi connectivity index (χ3v) is 5.37. The number of carbonyl (C=O) groups excluding carboxylic acids is 1. The van der Waals surface area contributed by atoms with Crippen molar-refractivity contribution in [1.82, 2.24) is 14.7 Å². The van der Waals surface area contributed by atoms with Crippen molar-refractivity contribution in [1.29, 1.82) is 0 Å². The maximum atomic E-state index is 13.8. The first-order valence-corrected chi connectivity index (χ1v) is 10.2. The fourth-order valence-corrected chi connectivity index (χ4v) is 3.70. The number of anilines is 1. The Hall–Kier alpha value is -3.15. The molecule has 2 aromatic carbocycles. The lowest BCUT2D eigenvalue weighted by molar-refractivity contribution is 0.0671. The number of benzene rings is 2. The van der Waals surface area contributed by atoms with Crippen molar-refractivity contribution in [2.45, 2.75) is 32.9 Å². The van der Waals surface area contributed by atoms with E-state index in [9.17, 15) is 9.18 Å². The van der Waals surface area contributed by atoms with E-state index < -0.39 is 5.82 Å². The van der Waals surface area contributed by atoms with Crippen molar-refractivity contribution in [2.75, 3.05) is 19.0 Å². The van der Waals surface area contributed by atoms with Gasteiger partial charge in [0.1, 0.15) is 11.6 Å². The Labute approximate surface area is 177 Å². The van der Waals surface area contributed by atoms with Crippen LogP contribution in [0.1, 0.15) is 36.2 Å². The fraction of sp³-hybridized carbons (Fsp3) is 0.333. The molecule has 0 aliphatic rings. The third-order valence-electron chi connectivity index (χ3n) is 5.37. The Balaban J connectivity index is 2.09. The molecule has 0 unspecified atom stereocenters. The second kappa shape index (κ2) is 9.11. The summed E-state index contributed by atoms with van der Waals surface area (Å²) in [6.45, 7) is 4.45.